The smallest absolute Gasteiger partial charge is 0.142 e. The van der Waals surface area contributed by atoms with Crippen molar-refractivity contribution < 1.29 is 4.39 Å². The first-order valence-corrected chi connectivity index (χ1v) is 7.08. The Morgan fingerprint density at radius 2 is 1.95 bits per heavy atom. The van der Waals surface area contributed by atoms with Gasteiger partial charge in [0, 0.05) is 11.1 Å². The van der Waals surface area contributed by atoms with Crippen LogP contribution in [0.4, 0.5) is 10.2 Å². The summed E-state index contributed by atoms with van der Waals surface area (Å²) in [4.78, 5) is 5.17. The molecule has 5 heteroatoms. The number of rotatable bonds is 2. The van der Waals surface area contributed by atoms with E-state index < -0.39 is 5.82 Å². The van der Waals surface area contributed by atoms with Gasteiger partial charge in [0.05, 0.1) is 10.6 Å². The lowest BCUT2D eigenvalue weighted by Crippen LogP contribution is -2.00. The number of nitrogens with two attached hydrogens (primary N) is 1. The molecular formula is C16H10FN3S. The minimum Gasteiger partial charge on any atom is -0.383 e. The SMILES string of the molecule is N#Cc1c(-c2ccccc2F)cc(-c2cccs2)nc1N. The van der Waals surface area contributed by atoms with E-state index in [1.165, 1.54) is 17.4 Å². The molecule has 1 aromatic carbocycles. The van der Waals surface area contributed by atoms with Gasteiger partial charge in [-0.15, -0.1) is 11.3 Å². The summed E-state index contributed by atoms with van der Waals surface area (Å²) in [6, 6.07) is 13.8. The highest BCUT2D eigenvalue weighted by atomic mass is 32.1. The summed E-state index contributed by atoms with van der Waals surface area (Å²) in [6.07, 6.45) is 0. The topological polar surface area (TPSA) is 62.7 Å². The molecule has 102 valence electrons. The molecule has 0 saturated heterocycles. The monoisotopic (exact) mass is 295 g/mol. The molecule has 3 nitrogen and oxygen atoms in total. The van der Waals surface area contributed by atoms with Crippen LogP contribution in [0.15, 0.2) is 47.8 Å². The van der Waals surface area contributed by atoms with Crippen molar-refractivity contribution in [2.75, 3.05) is 5.73 Å². The molecule has 0 aliphatic carbocycles. The lowest BCUT2D eigenvalue weighted by Gasteiger charge is -2.10. The number of nitriles is 1. The van der Waals surface area contributed by atoms with Crippen LogP contribution in [0, 0.1) is 17.1 Å². The molecule has 21 heavy (non-hydrogen) atoms. The lowest BCUT2D eigenvalue weighted by molar-refractivity contribution is 0.631. The van der Waals surface area contributed by atoms with Crippen LogP contribution in [0.5, 0.6) is 0 Å². The molecule has 2 N–H and O–H groups in total. The van der Waals surface area contributed by atoms with Crippen molar-refractivity contribution in [1.82, 2.24) is 4.98 Å². The fourth-order valence-electron chi connectivity index (χ4n) is 2.12. The van der Waals surface area contributed by atoms with E-state index in [2.05, 4.69) is 4.98 Å². The lowest BCUT2D eigenvalue weighted by atomic mass is 9.99. The number of thiophene rings is 1. The number of benzene rings is 1. The minimum absolute atomic E-state index is 0.113. The number of nitrogen functional groups attached to an aromatic ring is 1. The van der Waals surface area contributed by atoms with E-state index in [9.17, 15) is 9.65 Å². The van der Waals surface area contributed by atoms with Crippen LogP contribution in [0.2, 0.25) is 0 Å². The molecule has 0 saturated carbocycles. The minimum atomic E-state index is -0.392. The summed E-state index contributed by atoms with van der Waals surface area (Å²) in [5.41, 5.74) is 7.52. The maximum absolute atomic E-state index is 14.0. The summed E-state index contributed by atoms with van der Waals surface area (Å²) in [5.74, 6) is -0.279. The van der Waals surface area contributed by atoms with Gasteiger partial charge in [-0.2, -0.15) is 5.26 Å². The number of anilines is 1. The molecule has 0 aliphatic heterocycles. The number of pyridine rings is 1. The molecule has 3 aromatic rings. The molecule has 0 amide bonds. The average molecular weight is 295 g/mol. The zero-order valence-electron chi connectivity index (χ0n) is 10.9. The van der Waals surface area contributed by atoms with Gasteiger partial charge in [-0.3, -0.25) is 0 Å². The largest absolute Gasteiger partial charge is 0.383 e. The van der Waals surface area contributed by atoms with Crippen molar-refractivity contribution in [2.24, 2.45) is 0 Å². The second kappa shape index (κ2) is 5.35. The number of hydrogen-bond acceptors (Lipinski definition) is 4. The van der Waals surface area contributed by atoms with E-state index in [0.29, 0.717) is 16.8 Å². The van der Waals surface area contributed by atoms with Crippen LogP contribution in [-0.2, 0) is 0 Å². The van der Waals surface area contributed by atoms with Gasteiger partial charge in [0.2, 0.25) is 0 Å². The number of nitrogens with zero attached hydrogens (tertiary/aromatic N) is 2. The highest BCUT2D eigenvalue weighted by Crippen LogP contribution is 2.33. The van der Waals surface area contributed by atoms with Crippen LogP contribution in [0.25, 0.3) is 21.7 Å². The first-order valence-electron chi connectivity index (χ1n) is 6.20. The van der Waals surface area contributed by atoms with Crippen LogP contribution >= 0.6 is 11.3 Å². The van der Waals surface area contributed by atoms with Gasteiger partial charge in [0.15, 0.2) is 0 Å². The van der Waals surface area contributed by atoms with Gasteiger partial charge in [-0.1, -0.05) is 24.3 Å². The summed E-state index contributed by atoms with van der Waals surface area (Å²) >= 11 is 1.51. The molecule has 0 fully saturated rings. The van der Waals surface area contributed by atoms with Crippen LogP contribution in [-0.4, -0.2) is 4.98 Å². The number of halogens is 1. The normalized spacial score (nSPS) is 10.3. The Morgan fingerprint density at radius 1 is 1.14 bits per heavy atom. The fraction of sp³-hybridized carbons (Fsp3) is 0. The molecule has 0 aliphatic rings. The van der Waals surface area contributed by atoms with E-state index in [1.807, 2.05) is 23.6 Å². The third-order valence-corrected chi connectivity index (χ3v) is 3.99. The van der Waals surface area contributed by atoms with Crippen molar-refractivity contribution in [3.63, 3.8) is 0 Å². The maximum Gasteiger partial charge on any atom is 0.142 e. The van der Waals surface area contributed by atoms with Gasteiger partial charge in [0.25, 0.3) is 0 Å². The predicted octanol–water partition coefficient (Wildman–Crippen LogP) is 4.07. The molecule has 2 aromatic heterocycles. The summed E-state index contributed by atoms with van der Waals surface area (Å²) in [6.45, 7) is 0. The predicted molar refractivity (Wildman–Crippen MR) is 82.1 cm³/mol. The van der Waals surface area contributed by atoms with Crippen molar-refractivity contribution in [2.45, 2.75) is 0 Å². The van der Waals surface area contributed by atoms with Gasteiger partial charge in [0.1, 0.15) is 23.3 Å². The van der Waals surface area contributed by atoms with E-state index in [1.54, 1.807) is 24.3 Å². The Balaban J connectivity index is 2.29. The Hall–Kier alpha value is -2.71. The van der Waals surface area contributed by atoms with E-state index in [-0.39, 0.29) is 11.4 Å². The second-order valence-corrected chi connectivity index (χ2v) is 5.33. The van der Waals surface area contributed by atoms with Crippen LogP contribution in [0.3, 0.4) is 0 Å². The Bertz CT molecular complexity index is 835. The summed E-state index contributed by atoms with van der Waals surface area (Å²) in [5, 5.41) is 11.2. The van der Waals surface area contributed by atoms with Gasteiger partial charge in [-0.05, 0) is 23.6 Å². The van der Waals surface area contributed by atoms with Gasteiger partial charge < -0.3 is 5.73 Å². The molecule has 3 rings (SSSR count). The van der Waals surface area contributed by atoms with Crippen LogP contribution < -0.4 is 5.73 Å². The third kappa shape index (κ3) is 2.37. The van der Waals surface area contributed by atoms with Crippen molar-refractivity contribution in [3.05, 3.63) is 59.2 Å². The quantitative estimate of drug-likeness (QED) is 0.775. The first kappa shape index (κ1) is 13.3. The molecule has 0 atom stereocenters. The highest BCUT2D eigenvalue weighted by Gasteiger charge is 2.16. The first-order chi connectivity index (χ1) is 10.2. The molecule has 0 unspecified atom stereocenters. The molecular weight excluding hydrogens is 285 g/mol. The Labute approximate surface area is 125 Å². The van der Waals surface area contributed by atoms with E-state index in [0.717, 1.165) is 4.88 Å². The van der Waals surface area contributed by atoms with Crippen molar-refractivity contribution in [1.29, 1.82) is 5.26 Å². The number of aromatic nitrogens is 1. The maximum atomic E-state index is 14.0. The zero-order chi connectivity index (χ0) is 14.8. The van der Waals surface area contributed by atoms with Crippen LogP contribution in [0.1, 0.15) is 5.56 Å². The number of hydrogen-bond donors (Lipinski definition) is 1. The van der Waals surface area contributed by atoms with Crippen molar-refractivity contribution in [3.8, 4) is 27.8 Å². The Morgan fingerprint density at radius 3 is 2.62 bits per heavy atom. The van der Waals surface area contributed by atoms with Gasteiger partial charge >= 0.3 is 0 Å². The summed E-state index contributed by atoms with van der Waals surface area (Å²) in [7, 11) is 0. The Kier molecular flexibility index (Phi) is 3.38. The zero-order valence-corrected chi connectivity index (χ0v) is 11.7. The third-order valence-electron chi connectivity index (χ3n) is 3.10. The fourth-order valence-corrected chi connectivity index (χ4v) is 2.81. The standard InChI is InChI=1S/C16H10FN3S/c17-13-5-2-1-4-10(13)11-8-14(15-6-3-7-21-15)20-16(19)12(11)9-18/h1-8H,(H2,19,20). The molecule has 0 radical (unpaired) electrons. The molecule has 0 bridgehead atoms. The van der Waals surface area contributed by atoms with E-state index in [4.69, 9.17) is 5.73 Å². The van der Waals surface area contributed by atoms with Crippen molar-refractivity contribution >= 4 is 17.2 Å². The van der Waals surface area contributed by atoms with Gasteiger partial charge in [-0.25, -0.2) is 9.37 Å². The molecule has 2 heterocycles. The summed E-state index contributed by atoms with van der Waals surface area (Å²) < 4.78 is 14.0. The highest BCUT2D eigenvalue weighted by molar-refractivity contribution is 7.13. The average Bonchev–Trinajstić information content (AvgIpc) is 3.01. The van der Waals surface area contributed by atoms with E-state index >= 15 is 0 Å². The second-order valence-electron chi connectivity index (χ2n) is 4.38. The molecule has 0 spiro atoms.